The third-order valence-electron chi connectivity index (χ3n) is 4.82. The van der Waals surface area contributed by atoms with E-state index in [0.717, 1.165) is 11.8 Å². The predicted octanol–water partition coefficient (Wildman–Crippen LogP) is 1.81. The van der Waals surface area contributed by atoms with Gasteiger partial charge in [0.1, 0.15) is 17.2 Å². The second-order valence-electron chi connectivity index (χ2n) is 6.75. The van der Waals surface area contributed by atoms with Crippen LogP contribution in [0.2, 0.25) is 0 Å². The van der Waals surface area contributed by atoms with Gasteiger partial charge in [-0.2, -0.15) is 0 Å². The Bertz CT molecular complexity index is 1060. The summed E-state index contributed by atoms with van der Waals surface area (Å²) in [6, 6.07) is 4.60. The van der Waals surface area contributed by atoms with E-state index in [4.69, 9.17) is 0 Å². The van der Waals surface area contributed by atoms with Crippen molar-refractivity contribution in [1.82, 2.24) is 10.2 Å². The Morgan fingerprint density at radius 1 is 1.28 bits per heavy atom. The largest absolute Gasteiger partial charge is 0.509 e. The first kappa shape index (κ1) is 23.4. The van der Waals surface area contributed by atoms with Gasteiger partial charge < -0.3 is 20.4 Å². The molecule has 0 saturated carbocycles. The van der Waals surface area contributed by atoms with Gasteiger partial charge in [-0.1, -0.05) is 28.1 Å². The fraction of sp³-hybridized carbons (Fsp3) is 0.278. The van der Waals surface area contributed by atoms with E-state index in [-0.39, 0.29) is 23.0 Å². The minimum Gasteiger partial charge on any atom is -0.509 e. The van der Waals surface area contributed by atoms with Crippen molar-refractivity contribution in [2.75, 3.05) is 5.33 Å². The average Bonchev–Trinajstić information content (AvgIpc) is 2.77. The SMILES string of the molecule is O=NC(C(=O)NC1C(=O)N2C=C(C(=O)O)C(Cc3ccc([N+](=O)[O-])cc3)S[C@H]12)=C(O)CBr. The molecule has 1 saturated heterocycles. The van der Waals surface area contributed by atoms with Crippen molar-refractivity contribution in [3.63, 3.8) is 0 Å². The lowest BCUT2D eigenvalue weighted by atomic mass is 10.0. The molecule has 14 heteroatoms. The Morgan fingerprint density at radius 3 is 2.47 bits per heavy atom. The molecular formula is C18H15BrN4O8S. The second-order valence-corrected chi connectivity index (χ2v) is 8.63. The Balaban J connectivity index is 1.79. The van der Waals surface area contributed by atoms with Crippen LogP contribution in [0.3, 0.4) is 0 Å². The number of thioether (sulfide) groups is 1. The lowest BCUT2D eigenvalue weighted by Crippen LogP contribution is -2.69. The Labute approximate surface area is 192 Å². The van der Waals surface area contributed by atoms with E-state index in [2.05, 4.69) is 26.4 Å². The number of carboxylic acid groups (broad SMARTS) is 1. The zero-order valence-corrected chi connectivity index (χ0v) is 18.4. The van der Waals surface area contributed by atoms with Crippen LogP contribution in [0.5, 0.6) is 0 Å². The number of allylic oxidation sites excluding steroid dienone is 1. The highest BCUT2D eigenvalue weighted by Gasteiger charge is 2.52. The zero-order valence-electron chi connectivity index (χ0n) is 16.0. The Kier molecular flexibility index (Phi) is 6.93. The Morgan fingerprint density at radius 2 is 1.94 bits per heavy atom. The average molecular weight is 527 g/mol. The standard InChI is InChI=1S/C18H15BrN4O8S/c19-6-11(24)13(21-29)15(25)20-14-16(26)22-7-10(18(27)28)12(32-17(14)22)5-8-1-3-9(4-2-8)23(30)31/h1-4,7,12,14,17,24H,5-6H2,(H,20,25)(H,27,28)/t12?,14?,17-/m1/s1. The molecule has 2 aliphatic rings. The summed E-state index contributed by atoms with van der Waals surface area (Å²) in [6.07, 6.45) is 1.42. The number of carbonyl (C=O) groups excluding carboxylic acids is 2. The molecule has 2 aliphatic heterocycles. The van der Waals surface area contributed by atoms with E-state index in [0.29, 0.717) is 5.56 Å². The maximum Gasteiger partial charge on any atom is 0.334 e. The van der Waals surface area contributed by atoms with Gasteiger partial charge in [0.05, 0.1) is 15.8 Å². The number of nitrogens with one attached hydrogen (secondary N) is 1. The van der Waals surface area contributed by atoms with Crippen LogP contribution in [0.15, 0.2) is 52.7 Å². The van der Waals surface area contributed by atoms with Gasteiger partial charge >= 0.3 is 5.97 Å². The molecule has 3 N–H and O–H groups in total. The number of non-ortho nitro benzene ring substituents is 1. The lowest BCUT2D eigenvalue weighted by Gasteiger charge is -2.48. The molecule has 2 amide bonds. The molecule has 0 aliphatic carbocycles. The number of aliphatic hydroxyl groups is 1. The normalized spacial score (nSPS) is 22.7. The number of rotatable bonds is 8. The molecule has 0 radical (unpaired) electrons. The number of aliphatic hydroxyl groups excluding tert-OH is 1. The van der Waals surface area contributed by atoms with Crippen LogP contribution in [-0.4, -0.2) is 59.8 Å². The Hall–Kier alpha value is -3.26. The smallest absolute Gasteiger partial charge is 0.334 e. The van der Waals surface area contributed by atoms with Crippen molar-refractivity contribution in [3.8, 4) is 0 Å². The van der Waals surface area contributed by atoms with E-state index < -0.39 is 50.8 Å². The van der Waals surface area contributed by atoms with Crippen molar-refractivity contribution >= 4 is 51.2 Å². The molecule has 0 aromatic heterocycles. The van der Waals surface area contributed by atoms with E-state index >= 15 is 0 Å². The van der Waals surface area contributed by atoms with Crippen LogP contribution in [0.4, 0.5) is 5.69 Å². The summed E-state index contributed by atoms with van der Waals surface area (Å²) < 4.78 is 0. The fourth-order valence-corrected chi connectivity index (χ4v) is 5.03. The third kappa shape index (κ3) is 4.50. The first-order valence-electron chi connectivity index (χ1n) is 8.96. The number of nitro groups is 1. The maximum absolute atomic E-state index is 12.4. The summed E-state index contributed by atoms with van der Waals surface area (Å²) in [7, 11) is 0. The highest BCUT2D eigenvalue weighted by Crippen LogP contribution is 2.42. The van der Waals surface area contributed by atoms with Gasteiger partial charge in [-0.25, -0.2) is 4.79 Å². The van der Waals surface area contributed by atoms with Crippen molar-refractivity contribution in [2.24, 2.45) is 5.18 Å². The van der Waals surface area contributed by atoms with E-state index in [1.54, 1.807) is 0 Å². The number of hydrogen-bond acceptors (Lipinski definition) is 9. The number of hydrogen-bond donors (Lipinski definition) is 3. The molecule has 1 aromatic rings. The van der Waals surface area contributed by atoms with Gasteiger partial charge in [0.2, 0.25) is 5.70 Å². The first-order valence-corrected chi connectivity index (χ1v) is 11.0. The molecule has 3 atom stereocenters. The molecule has 2 unspecified atom stereocenters. The summed E-state index contributed by atoms with van der Waals surface area (Å²) in [5.41, 5.74) is -0.248. The van der Waals surface area contributed by atoms with Crippen LogP contribution < -0.4 is 5.32 Å². The van der Waals surface area contributed by atoms with E-state index in [9.17, 15) is 39.6 Å². The summed E-state index contributed by atoms with van der Waals surface area (Å²) in [4.78, 5) is 58.7. The quantitative estimate of drug-likeness (QED) is 0.0864. The van der Waals surface area contributed by atoms with Gasteiger partial charge in [0.15, 0.2) is 0 Å². The minimum absolute atomic E-state index is 0.0326. The molecule has 1 aromatic carbocycles. The van der Waals surface area contributed by atoms with Gasteiger partial charge in [-0.15, -0.1) is 16.7 Å². The molecule has 2 heterocycles. The first-order chi connectivity index (χ1) is 15.2. The van der Waals surface area contributed by atoms with Crippen molar-refractivity contribution < 1.29 is 29.5 Å². The number of nitroso groups, excluding NO2 is 1. The molecule has 3 rings (SSSR count). The van der Waals surface area contributed by atoms with Gasteiger partial charge in [-0.3, -0.25) is 19.7 Å². The maximum atomic E-state index is 12.4. The number of fused-ring (bicyclic) bond motifs is 1. The minimum atomic E-state index is -1.22. The van der Waals surface area contributed by atoms with Crippen molar-refractivity contribution in [3.05, 3.63) is 68.1 Å². The van der Waals surface area contributed by atoms with Crippen molar-refractivity contribution in [2.45, 2.75) is 23.1 Å². The number of benzene rings is 1. The zero-order chi connectivity index (χ0) is 23.6. The molecule has 168 valence electrons. The van der Waals surface area contributed by atoms with Crippen LogP contribution >= 0.6 is 27.7 Å². The van der Waals surface area contributed by atoms with Crippen molar-refractivity contribution in [1.29, 1.82) is 0 Å². The van der Waals surface area contributed by atoms with Crippen LogP contribution in [0, 0.1) is 15.0 Å². The number of β-lactam (4-membered cyclic amide) rings is 1. The van der Waals surface area contributed by atoms with Crippen LogP contribution in [0.1, 0.15) is 5.56 Å². The molecule has 0 spiro atoms. The highest BCUT2D eigenvalue weighted by molar-refractivity contribution is 9.09. The number of carboxylic acids is 1. The number of aliphatic carboxylic acids is 1. The molecular weight excluding hydrogens is 512 g/mol. The molecule has 0 bridgehead atoms. The number of halogens is 1. The molecule has 12 nitrogen and oxygen atoms in total. The topological polar surface area (TPSA) is 180 Å². The summed E-state index contributed by atoms with van der Waals surface area (Å²) in [5.74, 6) is -3.43. The molecule has 32 heavy (non-hydrogen) atoms. The van der Waals surface area contributed by atoms with E-state index in [1.165, 1.54) is 35.4 Å². The predicted molar refractivity (Wildman–Crippen MR) is 116 cm³/mol. The monoisotopic (exact) mass is 526 g/mol. The summed E-state index contributed by atoms with van der Waals surface area (Å²) in [6.45, 7) is 0. The number of nitrogens with zero attached hydrogens (tertiary/aromatic N) is 3. The fourth-order valence-electron chi connectivity index (χ4n) is 3.19. The summed E-state index contributed by atoms with van der Waals surface area (Å²) in [5, 5.41) is 33.4. The van der Waals surface area contributed by atoms with Gasteiger partial charge in [0.25, 0.3) is 17.5 Å². The lowest BCUT2D eigenvalue weighted by molar-refractivity contribution is -0.384. The van der Waals surface area contributed by atoms with E-state index in [1.807, 2.05) is 0 Å². The molecule has 1 fully saturated rings. The summed E-state index contributed by atoms with van der Waals surface area (Å²) >= 11 is 4.02. The number of alkyl halides is 1. The third-order valence-corrected chi connectivity index (χ3v) is 6.88. The van der Waals surface area contributed by atoms with Crippen LogP contribution in [0.25, 0.3) is 0 Å². The second kappa shape index (κ2) is 9.48. The number of amides is 2. The number of nitro benzene ring substituents is 1. The van der Waals surface area contributed by atoms with Gasteiger partial charge in [-0.05, 0) is 17.2 Å². The van der Waals surface area contributed by atoms with Gasteiger partial charge in [0, 0.05) is 23.6 Å². The van der Waals surface area contributed by atoms with Crippen LogP contribution in [-0.2, 0) is 20.8 Å². The highest BCUT2D eigenvalue weighted by atomic mass is 79.9. The number of carbonyl (C=O) groups is 3.